The molecule has 4 aromatic carbocycles. The number of fused-ring (bicyclic) bond motifs is 2. The van der Waals surface area contributed by atoms with Gasteiger partial charge in [-0.3, -0.25) is 0 Å². The Labute approximate surface area is 254 Å². The molecule has 2 atom stereocenters. The lowest BCUT2D eigenvalue weighted by Gasteiger charge is -2.37. The molecule has 0 saturated heterocycles. The summed E-state index contributed by atoms with van der Waals surface area (Å²) in [5.41, 5.74) is 5.55. The lowest BCUT2D eigenvalue weighted by molar-refractivity contribution is 0.589. The molecule has 0 bridgehead atoms. The van der Waals surface area contributed by atoms with Crippen molar-refractivity contribution in [2.45, 2.75) is 83.6 Å². The van der Waals surface area contributed by atoms with Gasteiger partial charge in [-0.2, -0.15) is 0 Å². The Kier molecular flexibility index (Phi) is 6.70. The third kappa shape index (κ3) is 4.58. The fraction of sp³-hybridized carbons (Fsp3) is 0.317. The molecule has 0 spiro atoms. The van der Waals surface area contributed by atoms with Crippen LogP contribution in [0.2, 0.25) is 6.55 Å². The van der Waals surface area contributed by atoms with Crippen LogP contribution in [0, 0.1) is 0 Å². The van der Waals surface area contributed by atoms with E-state index < -0.39 is 8.80 Å². The van der Waals surface area contributed by atoms with E-state index in [1.165, 1.54) is 43.1 Å². The molecule has 42 heavy (non-hydrogen) atoms. The smallest absolute Gasteiger partial charge is 0.0646 e. The molecule has 0 nitrogen and oxygen atoms in total. The van der Waals surface area contributed by atoms with Crippen LogP contribution in [0.25, 0.3) is 22.5 Å². The van der Waals surface area contributed by atoms with Gasteiger partial charge in [0.05, 0.1) is 8.80 Å². The highest BCUT2D eigenvalue weighted by Gasteiger charge is 2.43. The minimum atomic E-state index is -1.69. The fourth-order valence-electron chi connectivity index (χ4n) is 7.69. The van der Waals surface area contributed by atoms with E-state index in [-0.39, 0.29) is 21.7 Å². The number of hydrogen-bond donors (Lipinski definition) is 0. The minimum absolute atomic E-state index is 0.139. The lowest BCUT2D eigenvalue weighted by Crippen LogP contribution is -2.40. The van der Waals surface area contributed by atoms with E-state index in [1.54, 1.807) is 10.4 Å². The molecular weight excluding hydrogens is 521 g/mol. The van der Waals surface area contributed by atoms with Gasteiger partial charge in [-0.25, -0.2) is 0 Å². The maximum absolute atomic E-state index is 2.60. The van der Waals surface area contributed by atoms with Crippen molar-refractivity contribution in [1.82, 2.24) is 0 Å². The van der Waals surface area contributed by atoms with Gasteiger partial charge in [-0.05, 0) is 67.8 Å². The van der Waals surface area contributed by atoms with Crippen molar-refractivity contribution in [2.75, 3.05) is 0 Å². The molecule has 0 aromatic heterocycles. The lowest BCUT2D eigenvalue weighted by atomic mass is 9.80. The third-order valence-corrected chi connectivity index (χ3v) is 13.6. The summed E-state index contributed by atoms with van der Waals surface area (Å²) in [6.07, 6.45) is 5.10. The van der Waals surface area contributed by atoms with Gasteiger partial charge in [0.15, 0.2) is 0 Å². The van der Waals surface area contributed by atoms with Crippen molar-refractivity contribution in [3.63, 3.8) is 0 Å². The highest BCUT2D eigenvalue weighted by Crippen LogP contribution is 2.45. The predicted octanol–water partition coefficient (Wildman–Crippen LogP) is 6.72. The van der Waals surface area contributed by atoms with Crippen LogP contribution in [0.15, 0.2) is 97.1 Å². The van der Waals surface area contributed by atoms with Crippen molar-refractivity contribution in [3.8, 4) is 0 Å². The average Bonchev–Trinajstić information content (AvgIpc) is 3.43. The molecule has 0 fully saturated rings. The van der Waals surface area contributed by atoms with E-state index in [0.29, 0.717) is 0 Å². The van der Waals surface area contributed by atoms with E-state index in [2.05, 4.69) is 171 Å². The molecule has 6 rings (SSSR count). The topological polar surface area (TPSA) is 0 Å². The molecule has 1 heteroatoms. The van der Waals surface area contributed by atoms with Crippen LogP contribution in [0.5, 0.6) is 0 Å². The SMILES string of the molecule is C[SiH](C1=c2ccccc2=CC1(C)c1ccc(C(C)(C)C)cc1)C1=c2ccccc2=CC1(C)c1ccc(C(C)(C)C)cc1. The molecule has 0 N–H and O–H groups in total. The van der Waals surface area contributed by atoms with Crippen LogP contribution in [0.3, 0.4) is 0 Å². The van der Waals surface area contributed by atoms with Crippen molar-refractivity contribution in [2.24, 2.45) is 0 Å². The monoisotopic (exact) mass is 566 g/mol. The van der Waals surface area contributed by atoms with Crippen LogP contribution in [-0.4, -0.2) is 8.80 Å². The Hall–Kier alpha value is -3.42. The first-order chi connectivity index (χ1) is 19.7. The maximum Gasteiger partial charge on any atom is 0.0943 e. The molecule has 0 aliphatic heterocycles. The average molecular weight is 567 g/mol. The van der Waals surface area contributed by atoms with Crippen LogP contribution >= 0.6 is 0 Å². The summed E-state index contributed by atoms with van der Waals surface area (Å²) in [5, 5.41) is 8.92. The zero-order valence-corrected chi connectivity index (χ0v) is 28.1. The van der Waals surface area contributed by atoms with Crippen LogP contribution in [-0.2, 0) is 21.7 Å². The first-order valence-electron chi connectivity index (χ1n) is 15.6. The molecule has 0 saturated carbocycles. The van der Waals surface area contributed by atoms with E-state index >= 15 is 0 Å². The van der Waals surface area contributed by atoms with Gasteiger partial charge in [0, 0.05) is 10.8 Å². The van der Waals surface area contributed by atoms with Gasteiger partial charge in [0.25, 0.3) is 0 Å². The fourth-order valence-corrected chi connectivity index (χ4v) is 11.7. The quantitative estimate of drug-likeness (QED) is 0.241. The molecule has 2 aliphatic carbocycles. The predicted molar refractivity (Wildman–Crippen MR) is 185 cm³/mol. The summed E-state index contributed by atoms with van der Waals surface area (Å²) in [5.74, 6) is 0. The molecule has 0 radical (unpaired) electrons. The second-order valence-corrected chi connectivity index (χ2v) is 17.7. The Morgan fingerprint density at radius 1 is 0.476 bits per heavy atom. The summed E-state index contributed by atoms with van der Waals surface area (Å²) in [6, 6.07) is 37.2. The highest BCUT2D eigenvalue weighted by molar-refractivity contribution is 6.92. The summed E-state index contributed by atoms with van der Waals surface area (Å²) >= 11 is 0. The number of hydrogen-bond acceptors (Lipinski definition) is 0. The van der Waals surface area contributed by atoms with Gasteiger partial charge in [-0.1, -0.05) is 168 Å². The largest absolute Gasteiger partial charge is 0.0943 e. The van der Waals surface area contributed by atoms with E-state index in [4.69, 9.17) is 0 Å². The Balaban J connectivity index is 1.57. The zero-order chi connectivity index (χ0) is 30.1. The van der Waals surface area contributed by atoms with E-state index in [1.807, 2.05) is 0 Å². The normalized spacial score (nSPS) is 22.3. The van der Waals surface area contributed by atoms with Crippen LogP contribution < -0.4 is 20.9 Å². The standard InChI is InChI=1S/C41H46Si/c1-38(2,3)30-18-22-32(23-19-30)40(7)26-28-14-10-12-16-34(28)36(40)42(9)37-35-17-13-11-15-29(35)27-41(37,8)33-24-20-31(21-25-33)39(4,5)6/h10-27,42H,1-9H3. The van der Waals surface area contributed by atoms with E-state index in [0.717, 1.165) is 0 Å². The Bertz CT molecular complexity index is 1770. The molecule has 2 unspecified atom stereocenters. The first-order valence-corrected chi connectivity index (χ1v) is 17.9. The molecule has 0 amide bonds. The Morgan fingerprint density at radius 3 is 1.14 bits per heavy atom. The summed E-state index contributed by atoms with van der Waals surface area (Å²) in [6.45, 7) is 21.3. The second-order valence-electron chi connectivity index (χ2n) is 15.1. The molecule has 214 valence electrons. The number of rotatable bonds is 4. The van der Waals surface area contributed by atoms with Gasteiger partial charge >= 0.3 is 0 Å². The van der Waals surface area contributed by atoms with Gasteiger partial charge < -0.3 is 0 Å². The highest BCUT2D eigenvalue weighted by atomic mass is 28.3. The van der Waals surface area contributed by atoms with Crippen molar-refractivity contribution >= 4 is 31.3 Å². The number of benzene rings is 4. The second kappa shape index (κ2) is 9.81. The minimum Gasteiger partial charge on any atom is -0.0646 e. The van der Waals surface area contributed by atoms with Gasteiger partial charge in [0.1, 0.15) is 0 Å². The third-order valence-electron chi connectivity index (χ3n) is 10.1. The molecule has 2 aliphatic rings. The zero-order valence-electron chi connectivity index (χ0n) is 27.0. The van der Waals surface area contributed by atoms with Crippen LogP contribution in [0.1, 0.15) is 77.6 Å². The first kappa shape index (κ1) is 28.7. The molecule has 4 aromatic rings. The van der Waals surface area contributed by atoms with E-state index in [9.17, 15) is 0 Å². The Morgan fingerprint density at radius 2 is 0.810 bits per heavy atom. The van der Waals surface area contributed by atoms with Crippen LogP contribution in [0.4, 0.5) is 0 Å². The van der Waals surface area contributed by atoms with Crippen molar-refractivity contribution < 1.29 is 0 Å². The summed E-state index contributed by atoms with van der Waals surface area (Å²) in [4.78, 5) is 0. The van der Waals surface area contributed by atoms with Crippen molar-refractivity contribution in [3.05, 3.63) is 140 Å². The van der Waals surface area contributed by atoms with Crippen molar-refractivity contribution in [1.29, 1.82) is 0 Å². The molecular formula is C41H46Si. The summed E-state index contributed by atoms with van der Waals surface area (Å²) in [7, 11) is -1.69. The molecule has 0 heterocycles. The van der Waals surface area contributed by atoms with Gasteiger partial charge in [-0.15, -0.1) is 0 Å². The maximum atomic E-state index is 2.60. The summed E-state index contributed by atoms with van der Waals surface area (Å²) < 4.78 is 0. The van der Waals surface area contributed by atoms with Gasteiger partial charge in [0.2, 0.25) is 0 Å².